The van der Waals surface area contributed by atoms with Crippen molar-refractivity contribution < 1.29 is 9.59 Å². The molecule has 0 heterocycles. The van der Waals surface area contributed by atoms with E-state index in [-0.39, 0.29) is 11.8 Å². The molecule has 120 valence electrons. The van der Waals surface area contributed by atoms with Crippen LogP contribution in [0.5, 0.6) is 0 Å². The quantitative estimate of drug-likeness (QED) is 0.800. The monoisotopic (exact) mass is 330 g/mol. The van der Waals surface area contributed by atoms with E-state index in [1.165, 1.54) is 0 Å². The lowest BCUT2D eigenvalue weighted by Crippen LogP contribution is -2.35. The van der Waals surface area contributed by atoms with Gasteiger partial charge in [0.15, 0.2) is 0 Å². The fourth-order valence-electron chi connectivity index (χ4n) is 2.07. The van der Waals surface area contributed by atoms with Gasteiger partial charge in [0, 0.05) is 13.1 Å². The molecule has 0 aliphatic carbocycles. The summed E-state index contributed by atoms with van der Waals surface area (Å²) in [6, 6.07) is 14.7. The molecule has 5 heteroatoms. The van der Waals surface area contributed by atoms with Crippen LogP contribution in [0.25, 0.3) is 0 Å². The first kappa shape index (κ1) is 17.0. The fourth-order valence-corrected chi connectivity index (χ4v) is 2.29. The van der Waals surface area contributed by atoms with E-state index in [1.807, 2.05) is 31.2 Å². The molecule has 0 saturated carbocycles. The number of nitrogens with one attached hydrogen (secondary N) is 2. The number of carbonyl (C=O) groups excluding carboxylic acids is 2. The van der Waals surface area contributed by atoms with Crippen molar-refractivity contribution in [1.29, 1.82) is 0 Å². The first-order valence-electron chi connectivity index (χ1n) is 7.41. The standard InChI is InChI=1S/C18H19ClN2O2/c1-13-6-8-14(9-7-13)12-17(22)20-10-11-21-18(23)15-4-2-3-5-16(15)19/h2-9H,10-12H2,1H3,(H,20,22)(H,21,23). The van der Waals surface area contributed by atoms with Crippen molar-refractivity contribution in [2.24, 2.45) is 0 Å². The van der Waals surface area contributed by atoms with Gasteiger partial charge in [0.25, 0.3) is 5.91 Å². The molecule has 0 aliphatic rings. The highest BCUT2D eigenvalue weighted by molar-refractivity contribution is 6.33. The first-order valence-corrected chi connectivity index (χ1v) is 7.79. The molecule has 0 unspecified atom stereocenters. The van der Waals surface area contributed by atoms with Crippen LogP contribution < -0.4 is 10.6 Å². The summed E-state index contributed by atoms with van der Waals surface area (Å²) in [5.74, 6) is -0.316. The molecule has 2 N–H and O–H groups in total. The summed E-state index contributed by atoms with van der Waals surface area (Å²) in [5.41, 5.74) is 2.56. The summed E-state index contributed by atoms with van der Waals surface area (Å²) < 4.78 is 0. The molecule has 0 aliphatic heterocycles. The molecule has 0 fully saturated rings. The number of hydrogen-bond acceptors (Lipinski definition) is 2. The Morgan fingerprint density at radius 2 is 1.61 bits per heavy atom. The number of halogens is 1. The van der Waals surface area contributed by atoms with Gasteiger partial charge in [0.1, 0.15) is 0 Å². The largest absolute Gasteiger partial charge is 0.354 e. The normalized spacial score (nSPS) is 10.2. The first-order chi connectivity index (χ1) is 11.1. The Balaban J connectivity index is 1.71. The average molecular weight is 331 g/mol. The third kappa shape index (κ3) is 5.42. The minimum atomic E-state index is -0.247. The molecule has 2 amide bonds. The Bertz CT molecular complexity index is 684. The maximum absolute atomic E-state index is 11.9. The Morgan fingerprint density at radius 1 is 0.957 bits per heavy atom. The van der Waals surface area contributed by atoms with Crippen LogP contribution >= 0.6 is 11.6 Å². The van der Waals surface area contributed by atoms with Crippen LogP contribution in [0.3, 0.4) is 0 Å². The molecular weight excluding hydrogens is 312 g/mol. The van der Waals surface area contributed by atoms with Gasteiger partial charge < -0.3 is 10.6 Å². The van der Waals surface area contributed by atoms with Crippen LogP contribution in [-0.4, -0.2) is 24.9 Å². The smallest absolute Gasteiger partial charge is 0.252 e. The second-order valence-corrected chi connectivity index (χ2v) is 5.66. The zero-order chi connectivity index (χ0) is 16.7. The lowest BCUT2D eigenvalue weighted by Gasteiger charge is -2.08. The number of carbonyl (C=O) groups is 2. The fraction of sp³-hybridized carbons (Fsp3) is 0.222. The van der Waals surface area contributed by atoms with Crippen molar-refractivity contribution in [3.63, 3.8) is 0 Å². The van der Waals surface area contributed by atoms with E-state index in [0.29, 0.717) is 30.1 Å². The van der Waals surface area contributed by atoms with Gasteiger partial charge in [-0.3, -0.25) is 9.59 Å². The Morgan fingerprint density at radius 3 is 2.30 bits per heavy atom. The highest BCUT2D eigenvalue weighted by Crippen LogP contribution is 2.14. The lowest BCUT2D eigenvalue weighted by atomic mass is 10.1. The zero-order valence-electron chi connectivity index (χ0n) is 12.9. The molecule has 2 aromatic rings. The van der Waals surface area contributed by atoms with E-state index in [4.69, 9.17) is 11.6 Å². The van der Waals surface area contributed by atoms with Gasteiger partial charge >= 0.3 is 0 Å². The van der Waals surface area contributed by atoms with Crippen molar-refractivity contribution in [2.45, 2.75) is 13.3 Å². The van der Waals surface area contributed by atoms with E-state index in [9.17, 15) is 9.59 Å². The lowest BCUT2D eigenvalue weighted by molar-refractivity contribution is -0.120. The van der Waals surface area contributed by atoms with Crippen molar-refractivity contribution in [2.75, 3.05) is 13.1 Å². The SMILES string of the molecule is Cc1ccc(CC(=O)NCCNC(=O)c2ccccc2Cl)cc1. The molecule has 2 aromatic carbocycles. The minimum absolute atomic E-state index is 0.0687. The van der Waals surface area contributed by atoms with Crippen molar-refractivity contribution in [1.82, 2.24) is 10.6 Å². The van der Waals surface area contributed by atoms with E-state index < -0.39 is 0 Å². The number of benzene rings is 2. The van der Waals surface area contributed by atoms with Crippen molar-refractivity contribution >= 4 is 23.4 Å². The van der Waals surface area contributed by atoms with Crippen molar-refractivity contribution in [3.05, 3.63) is 70.2 Å². The number of hydrogen-bond donors (Lipinski definition) is 2. The van der Waals surface area contributed by atoms with E-state index in [2.05, 4.69) is 10.6 Å². The molecule has 23 heavy (non-hydrogen) atoms. The summed E-state index contributed by atoms with van der Waals surface area (Å²) in [6.07, 6.45) is 0.332. The molecular formula is C18H19ClN2O2. The van der Waals surface area contributed by atoms with E-state index >= 15 is 0 Å². The molecule has 0 atom stereocenters. The Hall–Kier alpha value is -2.33. The zero-order valence-corrected chi connectivity index (χ0v) is 13.7. The maximum atomic E-state index is 11.9. The third-order valence-corrected chi connectivity index (χ3v) is 3.67. The Labute approximate surface area is 140 Å². The van der Waals surface area contributed by atoms with Crippen LogP contribution in [0.1, 0.15) is 21.5 Å². The van der Waals surface area contributed by atoms with Gasteiger partial charge in [-0.1, -0.05) is 53.6 Å². The molecule has 0 spiro atoms. The Kier molecular flexibility index (Phi) is 6.18. The summed E-state index contributed by atoms with van der Waals surface area (Å²) in [6.45, 7) is 2.73. The highest BCUT2D eigenvalue weighted by Gasteiger charge is 2.08. The summed E-state index contributed by atoms with van der Waals surface area (Å²) >= 11 is 5.95. The average Bonchev–Trinajstić information content (AvgIpc) is 2.54. The second kappa shape index (κ2) is 8.34. The number of amides is 2. The van der Waals surface area contributed by atoms with Crippen LogP contribution in [0.4, 0.5) is 0 Å². The third-order valence-electron chi connectivity index (χ3n) is 3.34. The molecule has 0 radical (unpaired) electrons. The predicted octanol–water partition coefficient (Wildman–Crippen LogP) is 2.74. The minimum Gasteiger partial charge on any atom is -0.354 e. The highest BCUT2D eigenvalue weighted by atomic mass is 35.5. The van der Waals surface area contributed by atoms with Crippen LogP contribution in [0, 0.1) is 6.92 Å². The molecule has 2 rings (SSSR count). The van der Waals surface area contributed by atoms with Gasteiger partial charge in [-0.15, -0.1) is 0 Å². The summed E-state index contributed by atoms with van der Waals surface area (Å²) in [5, 5.41) is 5.92. The van der Waals surface area contributed by atoms with Crippen LogP contribution in [-0.2, 0) is 11.2 Å². The predicted molar refractivity (Wildman–Crippen MR) is 91.7 cm³/mol. The molecule has 0 aromatic heterocycles. The summed E-state index contributed by atoms with van der Waals surface area (Å²) in [4.78, 5) is 23.7. The van der Waals surface area contributed by atoms with Gasteiger partial charge in [0.05, 0.1) is 17.0 Å². The van der Waals surface area contributed by atoms with Gasteiger partial charge in [-0.2, -0.15) is 0 Å². The van der Waals surface area contributed by atoms with Crippen molar-refractivity contribution in [3.8, 4) is 0 Å². The topological polar surface area (TPSA) is 58.2 Å². The van der Waals surface area contributed by atoms with E-state index in [0.717, 1.165) is 11.1 Å². The van der Waals surface area contributed by atoms with Crippen LogP contribution in [0.15, 0.2) is 48.5 Å². The number of aryl methyl sites for hydroxylation is 1. The molecule has 0 saturated heterocycles. The van der Waals surface area contributed by atoms with E-state index in [1.54, 1.807) is 24.3 Å². The second-order valence-electron chi connectivity index (χ2n) is 5.25. The van der Waals surface area contributed by atoms with Crippen LogP contribution in [0.2, 0.25) is 5.02 Å². The maximum Gasteiger partial charge on any atom is 0.252 e. The number of rotatable bonds is 6. The summed E-state index contributed by atoms with van der Waals surface area (Å²) in [7, 11) is 0. The van der Waals surface area contributed by atoms with Gasteiger partial charge in [-0.05, 0) is 24.6 Å². The molecule has 0 bridgehead atoms. The van der Waals surface area contributed by atoms with Gasteiger partial charge in [-0.25, -0.2) is 0 Å². The van der Waals surface area contributed by atoms with Gasteiger partial charge in [0.2, 0.25) is 5.91 Å². The molecule has 4 nitrogen and oxygen atoms in total.